The number of hydrogen-bond acceptors (Lipinski definition) is 7. The quantitative estimate of drug-likeness (QED) is 0.145. The first kappa shape index (κ1) is 27.8. The van der Waals surface area contributed by atoms with Gasteiger partial charge in [0.25, 0.3) is 0 Å². The van der Waals surface area contributed by atoms with Crippen LogP contribution in [0.4, 0.5) is 0 Å². The molecule has 0 saturated heterocycles. The second-order valence-corrected chi connectivity index (χ2v) is 7.05. The molecule has 0 heterocycles. The highest BCUT2D eigenvalue weighted by atomic mass is 16.4. The number of nitrogens with one attached hydrogen (secondary N) is 4. The average Bonchev–Trinajstić information content (AvgIpc) is 2.71. The first-order valence-corrected chi connectivity index (χ1v) is 9.80. The Hall–Kier alpha value is -3.22. The summed E-state index contributed by atoms with van der Waals surface area (Å²) in [5.74, 6) is -4.87. The van der Waals surface area contributed by atoms with Crippen molar-refractivity contribution < 1.29 is 33.9 Å². The fourth-order valence-electron chi connectivity index (χ4n) is 2.41. The van der Waals surface area contributed by atoms with E-state index < -0.39 is 60.2 Å². The van der Waals surface area contributed by atoms with E-state index in [0.717, 1.165) is 0 Å². The zero-order valence-electron chi connectivity index (χ0n) is 17.9. The Kier molecular flexibility index (Phi) is 12.5. The molecule has 0 saturated carbocycles. The van der Waals surface area contributed by atoms with Crippen molar-refractivity contribution in [1.82, 2.24) is 21.3 Å². The molecule has 4 atom stereocenters. The van der Waals surface area contributed by atoms with Crippen LogP contribution in [0, 0.1) is 5.92 Å². The molecular formula is C18H32N6O7. The molecule has 0 unspecified atom stereocenters. The number of carbonyl (C=O) groups excluding carboxylic acids is 5. The molecule has 0 aromatic heterocycles. The average molecular weight is 444 g/mol. The van der Waals surface area contributed by atoms with Crippen molar-refractivity contribution >= 4 is 35.5 Å². The second kappa shape index (κ2) is 13.9. The number of aliphatic carboxylic acids is 1. The minimum Gasteiger partial charge on any atom is -0.480 e. The normalized spacial score (nSPS) is 14.3. The van der Waals surface area contributed by atoms with Gasteiger partial charge in [0.05, 0.1) is 13.1 Å². The zero-order chi connectivity index (χ0) is 24.1. The van der Waals surface area contributed by atoms with Crippen LogP contribution >= 0.6 is 0 Å². The van der Waals surface area contributed by atoms with Gasteiger partial charge in [-0.15, -0.1) is 0 Å². The summed E-state index contributed by atoms with van der Waals surface area (Å²) >= 11 is 0. The van der Waals surface area contributed by atoms with E-state index in [1.807, 2.05) is 6.92 Å². The third-order valence-electron chi connectivity index (χ3n) is 4.49. The van der Waals surface area contributed by atoms with Gasteiger partial charge in [0.15, 0.2) is 0 Å². The number of carbonyl (C=O) groups is 6. The van der Waals surface area contributed by atoms with E-state index in [1.54, 1.807) is 6.92 Å². The summed E-state index contributed by atoms with van der Waals surface area (Å²) in [4.78, 5) is 70.0. The molecule has 176 valence electrons. The summed E-state index contributed by atoms with van der Waals surface area (Å²) in [6.45, 7) is 4.14. The topological polar surface area (TPSA) is 223 Å². The van der Waals surface area contributed by atoms with Crippen molar-refractivity contribution in [1.29, 1.82) is 0 Å². The monoisotopic (exact) mass is 444 g/mol. The summed E-state index contributed by atoms with van der Waals surface area (Å²) in [6.07, 6.45) is 0.164. The standard InChI is InChI=1S/C18H32N6O7/c1-4-9(2)15(24-13(26)7-19)17(29)22-10(3)16(28)21-8-14(27)23-11(18(30)31)5-6-12(20)25/h9-11,15H,4-8,19H2,1-3H3,(H2,20,25)(H,21,28)(H,22,29)(H,23,27)(H,24,26)(H,30,31)/t9-,10-,11-,15-/m0/s1. The van der Waals surface area contributed by atoms with Crippen LogP contribution in [0.5, 0.6) is 0 Å². The van der Waals surface area contributed by atoms with Gasteiger partial charge in [0, 0.05) is 6.42 Å². The van der Waals surface area contributed by atoms with Crippen LogP contribution in [0.15, 0.2) is 0 Å². The summed E-state index contributed by atoms with van der Waals surface area (Å²) in [5, 5.41) is 18.5. The lowest BCUT2D eigenvalue weighted by Crippen LogP contribution is -2.56. The predicted octanol–water partition coefficient (Wildman–Crippen LogP) is -3.07. The van der Waals surface area contributed by atoms with Gasteiger partial charge in [-0.05, 0) is 19.3 Å². The molecule has 13 heteroatoms. The van der Waals surface area contributed by atoms with E-state index in [4.69, 9.17) is 16.6 Å². The number of carboxylic acid groups (broad SMARTS) is 1. The lowest BCUT2D eigenvalue weighted by molar-refractivity contribution is -0.142. The molecule has 0 bridgehead atoms. The highest BCUT2D eigenvalue weighted by molar-refractivity contribution is 5.94. The van der Waals surface area contributed by atoms with Crippen LogP contribution in [-0.4, -0.2) is 71.8 Å². The Labute approximate surface area is 180 Å². The predicted molar refractivity (Wildman–Crippen MR) is 109 cm³/mol. The van der Waals surface area contributed by atoms with Crippen molar-refractivity contribution in [3.05, 3.63) is 0 Å². The van der Waals surface area contributed by atoms with Gasteiger partial charge in [-0.25, -0.2) is 4.79 Å². The van der Waals surface area contributed by atoms with Crippen LogP contribution in [-0.2, 0) is 28.8 Å². The van der Waals surface area contributed by atoms with Gasteiger partial charge < -0.3 is 37.8 Å². The lowest BCUT2D eigenvalue weighted by atomic mass is 9.98. The molecule has 0 spiro atoms. The van der Waals surface area contributed by atoms with Gasteiger partial charge in [-0.2, -0.15) is 0 Å². The highest BCUT2D eigenvalue weighted by Gasteiger charge is 2.28. The molecule has 0 aliphatic rings. The molecule has 0 rings (SSSR count). The Bertz CT molecular complexity index is 684. The van der Waals surface area contributed by atoms with E-state index in [2.05, 4.69) is 21.3 Å². The summed E-state index contributed by atoms with van der Waals surface area (Å²) in [6, 6.07) is -3.26. The van der Waals surface area contributed by atoms with Crippen LogP contribution in [0.25, 0.3) is 0 Å². The molecule has 0 radical (unpaired) electrons. The van der Waals surface area contributed by atoms with Gasteiger partial charge in [-0.3, -0.25) is 24.0 Å². The number of nitrogens with two attached hydrogens (primary N) is 2. The van der Waals surface area contributed by atoms with E-state index >= 15 is 0 Å². The lowest BCUT2D eigenvalue weighted by Gasteiger charge is -2.25. The Balaban J connectivity index is 4.74. The highest BCUT2D eigenvalue weighted by Crippen LogP contribution is 2.08. The third kappa shape index (κ3) is 10.9. The SMILES string of the molecule is CC[C@H](C)[C@H](NC(=O)CN)C(=O)N[C@@H](C)C(=O)NCC(=O)N[C@@H](CCC(N)=O)C(=O)O. The maximum absolute atomic E-state index is 12.5. The van der Waals surface area contributed by atoms with Crippen molar-refractivity contribution in [3.63, 3.8) is 0 Å². The van der Waals surface area contributed by atoms with Crippen LogP contribution in [0.2, 0.25) is 0 Å². The molecule has 0 aromatic carbocycles. The maximum atomic E-state index is 12.5. The molecule has 0 aliphatic heterocycles. The number of amides is 5. The molecule has 5 amide bonds. The molecule has 13 nitrogen and oxygen atoms in total. The van der Waals surface area contributed by atoms with Crippen LogP contribution in [0.1, 0.15) is 40.0 Å². The van der Waals surface area contributed by atoms with Crippen molar-refractivity contribution in [3.8, 4) is 0 Å². The minimum absolute atomic E-state index is 0.192. The first-order chi connectivity index (χ1) is 14.4. The number of carboxylic acids is 1. The number of primary amides is 1. The Morgan fingerprint density at radius 1 is 0.935 bits per heavy atom. The molecule has 31 heavy (non-hydrogen) atoms. The van der Waals surface area contributed by atoms with Crippen molar-refractivity contribution in [2.24, 2.45) is 17.4 Å². The first-order valence-electron chi connectivity index (χ1n) is 9.80. The maximum Gasteiger partial charge on any atom is 0.326 e. The van der Waals surface area contributed by atoms with Crippen LogP contribution in [0.3, 0.4) is 0 Å². The fraction of sp³-hybridized carbons (Fsp3) is 0.667. The molecular weight excluding hydrogens is 412 g/mol. The largest absolute Gasteiger partial charge is 0.480 e. The number of hydrogen-bond donors (Lipinski definition) is 7. The van der Waals surface area contributed by atoms with Gasteiger partial charge >= 0.3 is 5.97 Å². The third-order valence-corrected chi connectivity index (χ3v) is 4.49. The summed E-state index contributed by atoms with van der Waals surface area (Å²) in [7, 11) is 0. The molecule has 0 fully saturated rings. The second-order valence-electron chi connectivity index (χ2n) is 7.05. The number of rotatable bonds is 14. The Morgan fingerprint density at radius 2 is 1.55 bits per heavy atom. The minimum atomic E-state index is -1.35. The Morgan fingerprint density at radius 3 is 2.03 bits per heavy atom. The van der Waals surface area contributed by atoms with E-state index in [9.17, 15) is 28.8 Å². The van der Waals surface area contributed by atoms with Crippen molar-refractivity contribution in [2.75, 3.05) is 13.1 Å². The summed E-state index contributed by atoms with van der Waals surface area (Å²) < 4.78 is 0. The van der Waals surface area contributed by atoms with Gasteiger partial charge in [-0.1, -0.05) is 20.3 Å². The van der Waals surface area contributed by atoms with E-state index in [-0.39, 0.29) is 25.3 Å². The zero-order valence-corrected chi connectivity index (χ0v) is 17.9. The van der Waals surface area contributed by atoms with Crippen LogP contribution < -0.4 is 32.7 Å². The van der Waals surface area contributed by atoms with Gasteiger partial charge in [0.2, 0.25) is 29.5 Å². The fourth-order valence-corrected chi connectivity index (χ4v) is 2.41. The molecule has 9 N–H and O–H groups in total. The van der Waals surface area contributed by atoms with E-state index in [0.29, 0.717) is 6.42 Å². The van der Waals surface area contributed by atoms with E-state index in [1.165, 1.54) is 6.92 Å². The van der Waals surface area contributed by atoms with Gasteiger partial charge in [0.1, 0.15) is 18.1 Å². The molecule has 0 aliphatic carbocycles. The smallest absolute Gasteiger partial charge is 0.326 e. The molecule has 0 aromatic rings. The van der Waals surface area contributed by atoms with Crippen molar-refractivity contribution in [2.45, 2.75) is 58.2 Å². The summed E-state index contributed by atoms with van der Waals surface area (Å²) in [5.41, 5.74) is 10.2.